The molecule has 0 saturated carbocycles. The molecule has 0 spiro atoms. The first-order chi connectivity index (χ1) is 33.2. The third kappa shape index (κ3) is 6.79. The zero-order valence-electron chi connectivity index (χ0n) is 36.6. The summed E-state index contributed by atoms with van der Waals surface area (Å²) in [5.74, 6) is 0. The van der Waals surface area contributed by atoms with Gasteiger partial charge in [-0.15, -0.1) is 11.3 Å². The molecule has 0 unspecified atom stereocenters. The van der Waals surface area contributed by atoms with Gasteiger partial charge in [-0.25, -0.2) is 0 Å². The van der Waals surface area contributed by atoms with E-state index in [-0.39, 0.29) is 0 Å². The van der Waals surface area contributed by atoms with Gasteiger partial charge in [-0.3, -0.25) is 0 Å². The molecule has 13 rings (SSSR count). The van der Waals surface area contributed by atoms with Crippen LogP contribution in [0.2, 0.25) is 0 Å². The van der Waals surface area contributed by atoms with Crippen molar-refractivity contribution in [3.63, 3.8) is 0 Å². The van der Waals surface area contributed by atoms with Gasteiger partial charge < -0.3 is 9.47 Å². The maximum absolute atomic E-state index is 2.43. The number of aromatic nitrogens is 1. The Labute approximate surface area is 393 Å². The fourth-order valence-corrected chi connectivity index (χ4v) is 11.3. The minimum atomic E-state index is 1.10. The second-order valence-corrected chi connectivity index (χ2v) is 18.3. The van der Waals surface area contributed by atoms with Crippen molar-refractivity contribution in [1.82, 2.24) is 4.57 Å². The van der Waals surface area contributed by atoms with Gasteiger partial charge in [0.25, 0.3) is 0 Å². The molecule has 314 valence electrons. The van der Waals surface area contributed by atoms with Crippen LogP contribution in [0, 0.1) is 0 Å². The van der Waals surface area contributed by atoms with Gasteiger partial charge in [0, 0.05) is 43.2 Å². The van der Waals surface area contributed by atoms with Crippen molar-refractivity contribution in [1.29, 1.82) is 0 Å². The number of rotatable bonds is 8. The molecular weight excluding hydrogens is 829 g/mol. The monoisotopic (exact) mass is 870 g/mol. The van der Waals surface area contributed by atoms with E-state index in [9.17, 15) is 0 Å². The Kier molecular flexibility index (Phi) is 9.40. The van der Waals surface area contributed by atoms with E-state index in [1.165, 1.54) is 103 Å². The highest BCUT2D eigenvalue weighted by Crippen LogP contribution is 2.46. The zero-order chi connectivity index (χ0) is 44.3. The molecule has 2 heterocycles. The van der Waals surface area contributed by atoms with Gasteiger partial charge in [-0.1, -0.05) is 188 Å². The number of thiophene rings is 1. The molecule has 0 bridgehead atoms. The minimum Gasteiger partial charge on any atom is -0.309 e. The van der Waals surface area contributed by atoms with E-state index in [2.05, 4.69) is 264 Å². The van der Waals surface area contributed by atoms with Crippen LogP contribution in [-0.4, -0.2) is 4.57 Å². The summed E-state index contributed by atoms with van der Waals surface area (Å²) in [5, 5.41) is 7.61. The molecular formula is C64H42N2S. The van der Waals surface area contributed by atoms with Crippen LogP contribution in [-0.2, 0) is 0 Å². The SMILES string of the molecule is c1cc(-c2ccc(-c3ccc(N(c4ccc(-c5ccccc5-n5c6ccccc6c6ccccc65)cc4)c4cccc5c4sc4ccccc45)cc3)cc2)cc(-c2ccc3ccccc3c2)c1. The van der Waals surface area contributed by atoms with Crippen LogP contribution in [0.15, 0.2) is 255 Å². The van der Waals surface area contributed by atoms with Crippen LogP contribution in [0.3, 0.4) is 0 Å². The van der Waals surface area contributed by atoms with Gasteiger partial charge in [0.1, 0.15) is 0 Å². The summed E-state index contributed by atoms with van der Waals surface area (Å²) in [6, 6.07) is 93.1. The van der Waals surface area contributed by atoms with Crippen LogP contribution in [0.1, 0.15) is 0 Å². The molecule has 11 aromatic carbocycles. The largest absolute Gasteiger partial charge is 0.309 e. The summed E-state index contributed by atoms with van der Waals surface area (Å²) in [5.41, 5.74) is 16.5. The first-order valence-electron chi connectivity index (χ1n) is 22.9. The highest BCUT2D eigenvalue weighted by Gasteiger charge is 2.20. The van der Waals surface area contributed by atoms with Crippen molar-refractivity contribution >= 4 is 81.1 Å². The molecule has 0 radical (unpaired) electrons. The molecule has 0 aliphatic rings. The second-order valence-electron chi connectivity index (χ2n) is 17.3. The number of fused-ring (bicyclic) bond motifs is 7. The smallest absolute Gasteiger partial charge is 0.0640 e. The summed E-state index contributed by atoms with van der Waals surface area (Å²) in [4.78, 5) is 2.43. The maximum Gasteiger partial charge on any atom is 0.0640 e. The fraction of sp³-hybridized carbons (Fsp3) is 0. The molecule has 2 nitrogen and oxygen atoms in total. The predicted molar refractivity (Wildman–Crippen MR) is 288 cm³/mol. The van der Waals surface area contributed by atoms with Crippen LogP contribution >= 0.6 is 11.3 Å². The number of hydrogen-bond acceptors (Lipinski definition) is 2. The maximum atomic E-state index is 2.43. The van der Waals surface area contributed by atoms with Crippen molar-refractivity contribution in [2.75, 3.05) is 4.90 Å². The first-order valence-corrected chi connectivity index (χ1v) is 23.7. The topological polar surface area (TPSA) is 8.17 Å². The van der Waals surface area contributed by atoms with Crippen LogP contribution < -0.4 is 4.90 Å². The van der Waals surface area contributed by atoms with E-state index in [4.69, 9.17) is 0 Å². The lowest BCUT2D eigenvalue weighted by Crippen LogP contribution is -2.10. The molecule has 0 amide bonds. The Morgan fingerprint density at radius 3 is 1.52 bits per heavy atom. The zero-order valence-corrected chi connectivity index (χ0v) is 37.4. The summed E-state index contributed by atoms with van der Waals surface area (Å²) in [6.07, 6.45) is 0. The molecule has 0 fully saturated rings. The van der Waals surface area contributed by atoms with E-state index in [0.717, 1.165) is 17.1 Å². The lowest BCUT2D eigenvalue weighted by molar-refractivity contribution is 1.18. The van der Waals surface area contributed by atoms with E-state index in [1.54, 1.807) is 0 Å². The average Bonchev–Trinajstić information content (AvgIpc) is 3.96. The van der Waals surface area contributed by atoms with E-state index in [1.807, 2.05) is 11.3 Å². The standard InChI is InChI=1S/C64H42N2S/c1-2-14-48-42-51(32-31-43(48)13-1)50-16-11-15-49(41-50)46-29-27-44(28-30-46)45-33-37-52(38-34-45)65(62-25-12-21-58-57-20-6-10-26-63(57)67-64(58)62)53-39-35-47(36-40-53)54-17-3-7-22-59(54)66-60-23-8-4-18-55(60)56-19-5-9-24-61(56)66/h1-42H. The Hall–Kier alpha value is -8.50. The Morgan fingerprint density at radius 2 is 0.806 bits per heavy atom. The molecule has 3 heteroatoms. The fourth-order valence-electron chi connectivity index (χ4n) is 10.1. The highest BCUT2D eigenvalue weighted by molar-refractivity contribution is 7.26. The van der Waals surface area contributed by atoms with E-state index >= 15 is 0 Å². The molecule has 67 heavy (non-hydrogen) atoms. The van der Waals surface area contributed by atoms with Crippen molar-refractivity contribution in [3.05, 3.63) is 255 Å². The second kappa shape index (κ2) is 16.2. The predicted octanol–water partition coefficient (Wildman–Crippen LogP) is 18.4. The summed E-state index contributed by atoms with van der Waals surface area (Å²) >= 11 is 1.86. The normalized spacial score (nSPS) is 11.6. The third-order valence-electron chi connectivity index (χ3n) is 13.4. The number of anilines is 3. The van der Waals surface area contributed by atoms with Crippen molar-refractivity contribution in [3.8, 4) is 50.2 Å². The number of nitrogens with zero attached hydrogens (tertiary/aromatic N) is 2. The Balaban J connectivity index is 0.859. The summed E-state index contributed by atoms with van der Waals surface area (Å²) in [6.45, 7) is 0. The molecule has 0 saturated heterocycles. The molecule has 13 aromatic rings. The quantitative estimate of drug-likeness (QED) is 0.148. The summed E-state index contributed by atoms with van der Waals surface area (Å²) in [7, 11) is 0. The summed E-state index contributed by atoms with van der Waals surface area (Å²) < 4.78 is 4.98. The van der Waals surface area contributed by atoms with Gasteiger partial charge in [-0.2, -0.15) is 0 Å². The first kappa shape index (κ1) is 38.9. The highest BCUT2D eigenvalue weighted by atomic mass is 32.1. The lowest BCUT2D eigenvalue weighted by atomic mass is 9.96. The van der Waals surface area contributed by atoms with Gasteiger partial charge in [0.05, 0.1) is 27.1 Å². The van der Waals surface area contributed by atoms with Gasteiger partial charge >= 0.3 is 0 Å². The van der Waals surface area contributed by atoms with Gasteiger partial charge in [0.15, 0.2) is 0 Å². The Bertz CT molecular complexity index is 3920. The van der Waals surface area contributed by atoms with E-state index < -0.39 is 0 Å². The molecule has 2 aromatic heterocycles. The third-order valence-corrected chi connectivity index (χ3v) is 14.6. The molecule has 0 N–H and O–H groups in total. The Morgan fingerprint density at radius 1 is 0.313 bits per heavy atom. The van der Waals surface area contributed by atoms with Crippen molar-refractivity contribution in [2.45, 2.75) is 0 Å². The van der Waals surface area contributed by atoms with Crippen LogP contribution in [0.4, 0.5) is 17.1 Å². The molecule has 0 atom stereocenters. The minimum absolute atomic E-state index is 1.10. The van der Waals surface area contributed by atoms with E-state index in [0.29, 0.717) is 0 Å². The average molecular weight is 871 g/mol. The number of hydrogen-bond donors (Lipinski definition) is 0. The van der Waals surface area contributed by atoms with Crippen molar-refractivity contribution in [2.24, 2.45) is 0 Å². The van der Waals surface area contributed by atoms with Gasteiger partial charge in [-0.05, 0) is 116 Å². The molecule has 0 aliphatic carbocycles. The lowest BCUT2D eigenvalue weighted by Gasteiger charge is -2.26. The van der Waals surface area contributed by atoms with Crippen molar-refractivity contribution < 1.29 is 0 Å². The van der Waals surface area contributed by atoms with Crippen LogP contribution in [0.25, 0.3) is 103 Å². The van der Waals surface area contributed by atoms with Gasteiger partial charge in [0.2, 0.25) is 0 Å². The van der Waals surface area contributed by atoms with Crippen LogP contribution in [0.5, 0.6) is 0 Å². The number of para-hydroxylation sites is 3. The number of benzene rings is 11. The molecule has 0 aliphatic heterocycles.